The number of hydrogen-bond donors (Lipinski definition) is 0. The van der Waals surface area contributed by atoms with Crippen molar-refractivity contribution < 1.29 is 51.0 Å². The predicted molar refractivity (Wildman–Crippen MR) is 113 cm³/mol. The Hall–Kier alpha value is -0.530. The summed E-state index contributed by atoms with van der Waals surface area (Å²) < 4.78 is 0. The third-order valence-electron chi connectivity index (χ3n) is 4.67. The Morgan fingerprint density at radius 3 is 1.93 bits per heavy atom. The van der Waals surface area contributed by atoms with Gasteiger partial charge in [0.1, 0.15) is 0 Å². The fourth-order valence-electron chi connectivity index (χ4n) is 3.29. The summed E-state index contributed by atoms with van der Waals surface area (Å²) in [4.78, 5) is 0. The number of benzene rings is 2. The van der Waals surface area contributed by atoms with E-state index in [1.807, 2.05) is 30.3 Å². The molecule has 1 radical (unpaired) electrons. The molecule has 4 rings (SSSR count). The predicted octanol–water partition coefficient (Wildman–Crippen LogP) is 0.222. The summed E-state index contributed by atoms with van der Waals surface area (Å²) in [6.45, 7) is 13.2. The molecule has 28 heavy (non-hydrogen) atoms. The molecule has 0 spiro atoms. The van der Waals surface area contributed by atoms with Crippen LogP contribution in [0, 0.1) is 33.8 Å². The molecule has 3 aromatic rings. The second kappa shape index (κ2) is 14.5. The van der Waals surface area contributed by atoms with Crippen molar-refractivity contribution in [3.63, 3.8) is 0 Å². The second-order valence-electron chi connectivity index (χ2n) is 6.68. The number of fused-ring (bicyclic) bond motifs is 3. The third-order valence-corrected chi connectivity index (χ3v) is 4.67. The Balaban J connectivity index is 0. The molecular weight excluding hydrogens is 478 g/mol. The molecule has 1 aliphatic rings. The Bertz CT molecular complexity index is 810. The molecule has 0 atom stereocenters. The van der Waals surface area contributed by atoms with E-state index in [1.54, 1.807) is 0 Å². The molecule has 0 unspecified atom stereocenters. The van der Waals surface area contributed by atoms with Gasteiger partial charge in [-0.3, -0.25) is 0 Å². The standard InChI is InChI=1S/C17H17.C5H5.C2H7Si.2ClH.Zr/c1-10-6-5-7-14-9-15-8-11(2)12(3)13(4)17(15)16(10)14;1-2-4-5-3-1;1-3-2;;;/h5-7H,9H2,1-4H3;1-5H;3H,1-2H3;2*1H;/q2*-1;;;;+4/p-2. The van der Waals surface area contributed by atoms with Crippen LogP contribution in [0.25, 0.3) is 11.1 Å². The van der Waals surface area contributed by atoms with Crippen LogP contribution in [0.5, 0.6) is 0 Å². The molecule has 1 aliphatic carbocycles. The molecule has 0 aromatic heterocycles. The average molecular weight is 508 g/mol. The van der Waals surface area contributed by atoms with Crippen LogP contribution in [-0.2, 0) is 32.6 Å². The first-order valence-corrected chi connectivity index (χ1v) is 11.3. The van der Waals surface area contributed by atoms with Crippen LogP contribution in [0.15, 0.2) is 48.5 Å². The zero-order valence-corrected chi connectivity index (χ0v) is 22.8. The van der Waals surface area contributed by atoms with E-state index in [-0.39, 0.29) is 51.0 Å². The van der Waals surface area contributed by atoms with Crippen molar-refractivity contribution in [3.05, 3.63) is 88.0 Å². The first kappa shape index (κ1) is 29.7. The van der Waals surface area contributed by atoms with Crippen LogP contribution >= 0.6 is 0 Å². The maximum absolute atomic E-state index is 3.57. The number of hydrogen-bond acceptors (Lipinski definition) is 0. The normalized spacial score (nSPS) is 9.64. The molecule has 0 amide bonds. The molecule has 0 saturated carbocycles. The van der Waals surface area contributed by atoms with Gasteiger partial charge in [0.2, 0.25) is 0 Å². The maximum Gasteiger partial charge on any atom is 4.00 e. The SMILES string of the molecule is C[SiH]C.Cc1[c-]c2c(c(C)c1C)-c1c(C)cccc1C2.[Cl-].[Cl-].[Zr+4].c1cc[cH-]c1. The first-order chi connectivity index (χ1) is 12.0. The van der Waals surface area contributed by atoms with Crippen molar-refractivity contribution in [2.24, 2.45) is 0 Å². The monoisotopic (exact) mass is 505 g/mol. The van der Waals surface area contributed by atoms with Gasteiger partial charge in [0.05, 0.1) is 0 Å². The van der Waals surface area contributed by atoms with Crippen molar-refractivity contribution >= 4 is 9.52 Å². The van der Waals surface area contributed by atoms with E-state index in [1.165, 1.54) is 44.5 Å². The molecule has 3 aromatic carbocycles. The van der Waals surface area contributed by atoms with Gasteiger partial charge in [0.15, 0.2) is 0 Å². The Labute approximate surface area is 205 Å². The van der Waals surface area contributed by atoms with Gasteiger partial charge in [0.25, 0.3) is 0 Å². The van der Waals surface area contributed by atoms with Crippen LogP contribution in [0.4, 0.5) is 0 Å². The maximum atomic E-state index is 3.57. The first-order valence-electron chi connectivity index (χ1n) is 9.02. The molecule has 0 aliphatic heterocycles. The van der Waals surface area contributed by atoms with E-state index in [9.17, 15) is 0 Å². The van der Waals surface area contributed by atoms with Crippen LogP contribution in [0.1, 0.15) is 33.4 Å². The van der Waals surface area contributed by atoms with E-state index >= 15 is 0 Å². The van der Waals surface area contributed by atoms with Gasteiger partial charge in [-0.1, -0.05) is 63.2 Å². The van der Waals surface area contributed by atoms with Crippen LogP contribution in [-0.4, -0.2) is 9.52 Å². The third kappa shape index (κ3) is 7.06. The number of rotatable bonds is 0. The van der Waals surface area contributed by atoms with Crippen molar-refractivity contribution in [3.8, 4) is 11.1 Å². The molecule has 147 valence electrons. The van der Waals surface area contributed by atoms with Crippen molar-refractivity contribution in [1.82, 2.24) is 0 Å². The molecule has 0 bridgehead atoms. The van der Waals surface area contributed by atoms with Crippen molar-refractivity contribution in [1.29, 1.82) is 0 Å². The average Bonchev–Trinajstić information content (AvgIpc) is 3.25. The van der Waals surface area contributed by atoms with Gasteiger partial charge >= 0.3 is 26.2 Å². The van der Waals surface area contributed by atoms with Gasteiger partial charge in [-0.2, -0.15) is 35.4 Å². The van der Waals surface area contributed by atoms with Gasteiger partial charge in [0, 0.05) is 9.52 Å². The number of halogens is 2. The summed E-state index contributed by atoms with van der Waals surface area (Å²) in [7, 11) is 0.750. The Morgan fingerprint density at radius 2 is 1.43 bits per heavy atom. The van der Waals surface area contributed by atoms with E-state index in [4.69, 9.17) is 0 Å². The summed E-state index contributed by atoms with van der Waals surface area (Å²) in [6, 6.07) is 20.2. The molecule has 0 nitrogen and oxygen atoms in total. The summed E-state index contributed by atoms with van der Waals surface area (Å²) in [5.74, 6) is 0. The van der Waals surface area contributed by atoms with Crippen LogP contribution < -0.4 is 24.8 Å². The van der Waals surface area contributed by atoms with Gasteiger partial charge < -0.3 is 24.8 Å². The van der Waals surface area contributed by atoms with Crippen molar-refractivity contribution in [2.45, 2.75) is 47.2 Å². The Kier molecular flexibility index (Phi) is 15.3. The largest absolute Gasteiger partial charge is 4.00 e. The fourth-order valence-corrected chi connectivity index (χ4v) is 3.29. The van der Waals surface area contributed by atoms with Crippen LogP contribution in [0.3, 0.4) is 0 Å². The van der Waals surface area contributed by atoms with E-state index in [0.29, 0.717) is 0 Å². The van der Waals surface area contributed by atoms with E-state index < -0.39 is 0 Å². The molecule has 0 N–H and O–H groups in total. The summed E-state index contributed by atoms with van der Waals surface area (Å²) >= 11 is 0. The van der Waals surface area contributed by atoms with E-state index in [2.05, 4.69) is 65.1 Å². The van der Waals surface area contributed by atoms with Crippen molar-refractivity contribution in [2.75, 3.05) is 0 Å². The second-order valence-corrected chi connectivity index (χ2v) is 7.83. The smallest absolute Gasteiger partial charge is 1.00 e. The molecule has 0 heterocycles. The minimum Gasteiger partial charge on any atom is -1.00 e. The number of aryl methyl sites for hydroxylation is 2. The van der Waals surface area contributed by atoms with Gasteiger partial charge in [-0.25, -0.2) is 12.1 Å². The molecular formula is C24H29Cl2SiZr. The molecule has 4 heteroatoms. The summed E-state index contributed by atoms with van der Waals surface area (Å²) in [5.41, 5.74) is 11.3. The van der Waals surface area contributed by atoms with Crippen LogP contribution in [0.2, 0.25) is 13.1 Å². The summed E-state index contributed by atoms with van der Waals surface area (Å²) in [5, 5.41) is 0. The molecule has 0 fully saturated rings. The minimum absolute atomic E-state index is 0. The topological polar surface area (TPSA) is 0 Å². The minimum atomic E-state index is 0. The zero-order chi connectivity index (χ0) is 18.4. The summed E-state index contributed by atoms with van der Waals surface area (Å²) in [6.07, 6.45) is 1.05. The quantitative estimate of drug-likeness (QED) is 0.236. The van der Waals surface area contributed by atoms with E-state index in [0.717, 1.165) is 15.9 Å². The van der Waals surface area contributed by atoms with Gasteiger partial charge in [-0.05, 0) is 18.9 Å². The Morgan fingerprint density at radius 1 is 0.857 bits per heavy atom. The van der Waals surface area contributed by atoms with Gasteiger partial charge in [-0.15, -0.1) is 16.7 Å². The zero-order valence-electron chi connectivity index (χ0n) is 17.7. The fraction of sp³-hybridized carbons (Fsp3) is 0.292. The molecule has 0 saturated heterocycles.